The van der Waals surface area contributed by atoms with E-state index in [-0.39, 0.29) is 21.2 Å². The zero-order chi connectivity index (χ0) is 19.1. The van der Waals surface area contributed by atoms with Crippen LogP contribution in [0.1, 0.15) is 36.1 Å². The lowest BCUT2D eigenvalue weighted by Crippen LogP contribution is -2.75. The fraction of sp³-hybridized carbons (Fsp3) is 0.526. The van der Waals surface area contributed by atoms with Crippen molar-refractivity contribution in [1.82, 2.24) is 15.5 Å². The second kappa shape index (κ2) is 6.39. The molecule has 7 heteroatoms. The van der Waals surface area contributed by atoms with E-state index in [4.69, 9.17) is 4.74 Å². The first-order valence-electron chi connectivity index (χ1n) is 8.78. The predicted octanol–water partition coefficient (Wildman–Crippen LogP) is 1.92. The first kappa shape index (κ1) is 18.4. The number of hydrogen-bond donors (Lipinski definition) is 2. The van der Waals surface area contributed by atoms with E-state index < -0.39 is 29.2 Å². The van der Waals surface area contributed by atoms with Crippen molar-refractivity contribution in [3.63, 3.8) is 0 Å². The van der Waals surface area contributed by atoms with Gasteiger partial charge in [-0.05, 0) is 26.3 Å². The Morgan fingerprint density at radius 2 is 2.00 bits per heavy atom. The quantitative estimate of drug-likeness (QED) is 0.801. The van der Waals surface area contributed by atoms with E-state index in [1.165, 1.54) is 0 Å². The van der Waals surface area contributed by atoms with Gasteiger partial charge in [0.05, 0.1) is 12.6 Å². The summed E-state index contributed by atoms with van der Waals surface area (Å²) in [7, 11) is 0. The molecular weight excluding hydrogens is 334 g/mol. The number of hydrogen-bond acceptors (Lipinski definition) is 5. The van der Waals surface area contributed by atoms with Crippen molar-refractivity contribution in [3.8, 4) is 0 Å². The number of β-lactam (4-membered cyclic amide) rings is 1. The van der Waals surface area contributed by atoms with Gasteiger partial charge in [0.2, 0.25) is 5.91 Å². The molecule has 2 N–H and O–H groups in total. The van der Waals surface area contributed by atoms with E-state index in [9.17, 15) is 14.4 Å². The van der Waals surface area contributed by atoms with Gasteiger partial charge < -0.3 is 15.4 Å². The third-order valence-electron chi connectivity index (χ3n) is 4.92. The van der Waals surface area contributed by atoms with Crippen molar-refractivity contribution in [2.45, 2.75) is 51.4 Å². The van der Waals surface area contributed by atoms with Crippen molar-refractivity contribution >= 4 is 17.9 Å². The first-order valence-corrected chi connectivity index (χ1v) is 8.78. The molecule has 3 atom stereocenters. The molecule has 7 nitrogen and oxygen atoms in total. The van der Waals surface area contributed by atoms with Gasteiger partial charge in [-0.1, -0.05) is 37.3 Å². The molecule has 1 unspecified atom stereocenters. The zero-order valence-corrected chi connectivity index (χ0v) is 15.5. The number of carbonyl (C=O) groups excluding carboxylic acids is 3. The predicted molar refractivity (Wildman–Crippen MR) is 99.3 cm³/mol. The second-order valence-electron chi connectivity index (χ2n) is 7.97. The summed E-state index contributed by atoms with van der Waals surface area (Å²) in [6, 6.07) is 9.26. The molecule has 0 bridgehead atoms. The van der Waals surface area contributed by atoms with Crippen LogP contribution in [0.5, 0.6) is 0 Å². The number of rotatable bonds is 3. The van der Waals surface area contributed by atoms with Gasteiger partial charge in [-0.3, -0.25) is 9.59 Å². The van der Waals surface area contributed by atoms with Crippen LogP contribution in [-0.2, 0) is 20.9 Å². The third kappa shape index (κ3) is 3.19. The van der Waals surface area contributed by atoms with E-state index in [0.717, 1.165) is 10.5 Å². The highest BCUT2D eigenvalue weighted by Crippen LogP contribution is 2.38. The van der Waals surface area contributed by atoms with Gasteiger partial charge in [-0.2, -0.15) is 0 Å². The standard InChI is InChI=1S/C19H25N3O4.2H2/c1-12-14(20-10-13-8-6-5-7-9-13)15(23)21-19(12)11-22(16(19)24)17(25)26-18(2,3)4;;/h5-9,12,14,20H,10-11H2,1-4H3,(H,21,23);2*1H/t12-,14+,19?;;/m1../s1. The average molecular weight is 363 g/mol. The maximum absolute atomic E-state index is 12.7. The number of nitrogens with one attached hydrogen (secondary N) is 2. The van der Waals surface area contributed by atoms with Crippen molar-refractivity contribution < 1.29 is 22.0 Å². The van der Waals surface area contributed by atoms with Gasteiger partial charge in [0.1, 0.15) is 11.1 Å². The van der Waals surface area contributed by atoms with Gasteiger partial charge in [-0.15, -0.1) is 0 Å². The van der Waals surface area contributed by atoms with Crippen molar-refractivity contribution in [1.29, 1.82) is 0 Å². The topological polar surface area (TPSA) is 87.7 Å². The molecule has 2 aliphatic heterocycles. The molecule has 1 spiro atoms. The Morgan fingerprint density at radius 1 is 1.35 bits per heavy atom. The molecule has 0 aromatic heterocycles. The Balaban J connectivity index is 0.00000196. The minimum absolute atomic E-state index is 0. The van der Waals surface area contributed by atoms with Gasteiger partial charge >= 0.3 is 6.09 Å². The molecule has 3 rings (SSSR count). The monoisotopic (exact) mass is 363 g/mol. The molecule has 26 heavy (non-hydrogen) atoms. The van der Waals surface area contributed by atoms with E-state index in [2.05, 4.69) is 10.6 Å². The Bertz CT molecular complexity index is 738. The SMILES string of the molecule is C[C@@H]1[C@H](NCc2ccccc2)C(=O)NC12CN(C(=O)OC(C)(C)C)C2=O.[HH].[HH]. The van der Waals surface area contributed by atoms with Crippen LogP contribution >= 0.6 is 0 Å². The van der Waals surface area contributed by atoms with Gasteiger partial charge in [-0.25, -0.2) is 9.69 Å². The van der Waals surface area contributed by atoms with E-state index in [1.807, 2.05) is 37.3 Å². The maximum Gasteiger partial charge on any atom is 0.417 e. The highest BCUT2D eigenvalue weighted by molar-refractivity contribution is 6.08. The van der Waals surface area contributed by atoms with E-state index >= 15 is 0 Å². The number of benzene rings is 1. The van der Waals surface area contributed by atoms with E-state index in [0.29, 0.717) is 6.54 Å². The van der Waals surface area contributed by atoms with Crippen LogP contribution in [0.3, 0.4) is 0 Å². The lowest BCUT2D eigenvalue weighted by Gasteiger charge is -2.47. The van der Waals surface area contributed by atoms with Crippen LogP contribution in [0.4, 0.5) is 4.79 Å². The van der Waals surface area contributed by atoms with Crippen molar-refractivity contribution in [2.75, 3.05) is 6.54 Å². The summed E-state index contributed by atoms with van der Waals surface area (Å²) in [4.78, 5) is 38.3. The molecule has 0 aliphatic carbocycles. The summed E-state index contributed by atoms with van der Waals surface area (Å²) in [6.45, 7) is 7.75. The molecular formula is C19H29N3O4. The molecule has 2 saturated heterocycles. The summed E-state index contributed by atoms with van der Waals surface area (Å²) in [5.74, 6) is -0.896. The van der Waals surface area contributed by atoms with Crippen molar-refractivity contribution in [3.05, 3.63) is 35.9 Å². The number of imide groups is 1. The minimum atomic E-state index is -1.03. The summed E-state index contributed by atoms with van der Waals surface area (Å²) in [5.41, 5.74) is -0.643. The van der Waals surface area contributed by atoms with Crippen LogP contribution in [0.2, 0.25) is 0 Å². The lowest BCUT2D eigenvalue weighted by molar-refractivity contribution is -0.153. The summed E-state index contributed by atoms with van der Waals surface area (Å²) < 4.78 is 5.25. The summed E-state index contributed by atoms with van der Waals surface area (Å²) in [5, 5.41) is 6.02. The summed E-state index contributed by atoms with van der Waals surface area (Å²) in [6.07, 6.45) is -0.671. The molecule has 3 amide bonds. The fourth-order valence-corrected chi connectivity index (χ4v) is 3.45. The fourth-order valence-electron chi connectivity index (χ4n) is 3.45. The molecule has 2 heterocycles. The van der Waals surface area contributed by atoms with Crippen LogP contribution < -0.4 is 10.6 Å². The largest absolute Gasteiger partial charge is 0.443 e. The number of ether oxygens (including phenoxy) is 1. The number of carbonyl (C=O) groups is 3. The first-order chi connectivity index (χ1) is 12.1. The smallest absolute Gasteiger partial charge is 0.417 e. The van der Waals surface area contributed by atoms with Crippen LogP contribution in [0, 0.1) is 5.92 Å². The van der Waals surface area contributed by atoms with Crippen LogP contribution in [0.25, 0.3) is 0 Å². The van der Waals surface area contributed by atoms with Gasteiger partial charge in [0.15, 0.2) is 0 Å². The molecule has 0 saturated carbocycles. The van der Waals surface area contributed by atoms with Crippen molar-refractivity contribution in [2.24, 2.45) is 5.92 Å². The molecule has 0 radical (unpaired) electrons. The normalized spacial score (nSPS) is 28.1. The average Bonchev–Trinajstić information content (AvgIpc) is 2.82. The highest BCUT2D eigenvalue weighted by Gasteiger charge is 2.65. The molecule has 144 valence electrons. The van der Waals surface area contributed by atoms with E-state index in [1.54, 1.807) is 20.8 Å². The zero-order valence-electron chi connectivity index (χ0n) is 15.5. The minimum Gasteiger partial charge on any atom is -0.443 e. The Kier molecular flexibility index (Phi) is 4.52. The number of likely N-dealkylation sites (tertiary alicyclic amines) is 1. The van der Waals surface area contributed by atoms with Gasteiger partial charge in [0.25, 0.3) is 5.91 Å². The molecule has 1 aromatic carbocycles. The second-order valence-corrected chi connectivity index (χ2v) is 7.97. The Labute approximate surface area is 156 Å². The number of nitrogens with zero attached hydrogens (tertiary/aromatic N) is 1. The lowest BCUT2D eigenvalue weighted by atomic mass is 9.77. The molecule has 1 aromatic rings. The third-order valence-corrected chi connectivity index (χ3v) is 4.92. The maximum atomic E-state index is 12.7. The molecule has 2 aliphatic rings. The number of amides is 3. The Morgan fingerprint density at radius 3 is 2.58 bits per heavy atom. The molecule has 2 fully saturated rings. The highest BCUT2D eigenvalue weighted by atomic mass is 16.6. The van der Waals surface area contributed by atoms with Gasteiger partial charge in [0, 0.05) is 15.3 Å². The Hall–Kier alpha value is -2.41. The summed E-state index contributed by atoms with van der Waals surface area (Å²) >= 11 is 0. The van der Waals surface area contributed by atoms with Crippen LogP contribution in [0.15, 0.2) is 30.3 Å². The van der Waals surface area contributed by atoms with Crippen LogP contribution in [-0.4, -0.2) is 46.5 Å².